The van der Waals surface area contributed by atoms with E-state index in [1.807, 2.05) is 0 Å². The number of hydrogen-bond acceptors (Lipinski definition) is 4. The molecule has 0 aromatic heterocycles. The first-order chi connectivity index (χ1) is 6.43. The number of nitrogen functional groups attached to an aromatic ring is 1. The van der Waals surface area contributed by atoms with Gasteiger partial charge in [-0.3, -0.25) is 14.9 Å². The zero-order valence-corrected chi connectivity index (χ0v) is 8.87. The molecule has 0 fully saturated rings. The molecule has 0 aliphatic heterocycles. The number of Topliss-reactive ketones (excluding diaryl/α,β-unsaturated/α-hetero) is 1. The third kappa shape index (κ3) is 1.90. The van der Waals surface area contributed by atoms with Crippen LogP contribution in [0.4, 0.5) is 11.4 Å². The molecule has 0 atom stereocenters. The molecule has 0 amide bonds. The fourth-order valence-corrected chi connectivity index (χ4v) is 1.49. The lowest BCUT2D eigenvalue weighted by atomic mass is 10.1. The highest BCUT2D eigenvalue weighted by molar-refractivity contribution is 9.10. The van der Waals surface area contributed by atoms with E-state index in [4.69, 9.17) is 5.73 Å². The summed E-state index contributed by atoms with van der Waals surface area (Å²) in [6.07, 6.45) is 0. The van der Waals surface area contributed by atoms with Gasteiger partial charge in [0.2, 0.25) is 0 Å². The van der Waals surface area contributed by atoms with Crippen molar-refractivity contribution in [1.29, 1.82) is 0 Å². The molecule has 0 saturated heterocycles. The van der Waals surface area contributed by atoms with E-state index in [2.05, 4.69) is 15.9 Å². The lowest BCUT2D eigenvalue weighted by molar-refractivity contribution is -0.384. The Morgan fingerprint density at radius 2 is 2.14 bits per heavy atom. The van der Waals surface area contributed by atoms with Gasteiger partial charge in [0, 0.05) is 16.1 Å². The van der Waals surface area contributed by atoms with E-state index in [9.17, 15) is 14.9 Å². The standard InChI is InChI=1S/C8H7BrN2O3/c1-4(12)6-2-5(9)3-7(8(6)10)11(13)14/h2-3H,10H2,1H3. The Morgan fingerprint density at radius 3 is 2.57 bits per heavy atom. The molecule has 0 saturated carbocycles. The normalized spacial score (nSPS) is 9.86. The molecule has 0 aliphatic rings. The number of halogens is 1. The van der Waals surface area contributed by atoms with E-state index < -0.39 is 4.92 Å². The first-order valence-electron chi connectivity index (χ1n) is 3.68. The molecular weight excluding hydrogens is 252 g/mol. The molecule has 0 unspecified atom stereocenters. The van der Waals surface area contributed by atoms with Crippen LogP contribution in [0.3, 0.4) is 0 Å². The summed E-state index contributed by atoms with van der Waals surface area (Å²) in [6.45, 7) is 1.31. The maximum Gasteiger partial charge on any atom is 0.293 e. The zero-order valence-electron chi connectivity index (χ0n) is 7.28. The third-order valence-corrected chi connectivity index (χ3v) is 2.16. The average Bonchev–Trinajstić information content (AvgIpc) is 2.07. The summed E-state index contributed by atoms with van der Waals surface area (Å²) in [7, 11) is 0. The molecule has 0 spiro atoms. The van der Waals surface area contributed by atoms with Crippen LogP contribution in [0, 0.1) is 10.1 Å². The van der Waals surface area contributed by atoms with Gasteiger partial charge in [0.05, 0.1) is 4.92 Å². The predicted octanol–water partition coefficient (Wildman–Crippen LogP) is 2.14. The quantitative estimate of drug-likeness (QED) is 0.381. The minimum absolute atomic E-state index is 0.0919. The predicted molar refractivity (Wildman–Crippen MR) is 55.2 cm³/mol. The van der Waals surface area contributed by atoms with E-state index in [1.165, 1.54) is 19.1 Å². The summed E-state index contributed by atoms with van der Waals surface area (Å²) in [6, 6.07) is 2.73. The van der Waals surface area contributed by atoms with Crippen LogP contribution in [0.2, 0.25) is 0 Å². The first kappa shape index (κ1) is 10.6. The molecule has 1 aromatic rings. The van der Waals surface area contributed by atoms with E-state index in [0.29, 0.717) is 4.47 Å². The van der Waals surface area contributed by atoms with E-state index in [1.54, 1.807) is 0 Å². The molecular formula is C8H7BrN2O3. The lowest BCUT2D eigenvalue weighted by Crippen LogP contribution is -2.03. The van der Waals surface area contributed by atoms with Crippen LogP contribution in [-0.4, -0.2) is 10.7 Å². The van der Waals surface area contributed by atoms with Crippen LogP contribution >= 0.6 is 15.9 Å². The Labute approximate surface area is 88.2 Å². The minimum Gasteiger partial charge on any atom is -0.393 e. The summed E-state index contributed by atoms with van der Waals surface area (Å²) >= 11 is 3.07. The molecule has 0 bridgehead atoms. The number of nitrogens with zero attached hydrogens (tertiary/aromatic N) is 1. The summed E-state index contributed by atoms with van der Waals surface area (Å²) in [5, 5.41) is 10.5. The number of hydrogen-bond donors (Lipinski definition) is 1. The van der Waals surface area contributed by atoms with Gasteiger partial charge < -0.3 is 5.73 Å². The monoisotopic (exact) mass is 258 g/mol. The molecule has 14 heavy (non-hydrogen) atoms. The SMILES string of the molecule is CC(=O)c1cc(Br)cc([N+](=O)[O-])c1N. The number of ketones is 1. The summed E-state index contributed by atoms with van der Waals surface area (Å²) < 4.78 is 0.462. The van der Waals surface area contributed by atoms with Gasteiger partial charge in [0.15, 0.2) is 5.78 Å². The topological polar surface area (TPSA) is 86.2 Å². The maximum atomic E-state index is 11.1. The number of nitrogens with two attached hydrogens (primary N) is 1. The van der Waals surface area contributed by atoms with Crippen LogP contribution < -0.4 is 5.73 Å². The lowest BCUT2D eigenvalue weighted by Gasteiger charge is -2.03. The fraction of sp³-hybridized carbons (Fsp3) is 0.125. The van der Waals surface area contributed by atoms with E-state index in [-0.39, 0.29) is 22.7 Å². The molecule has 0 aliphatic carbocycles. The highest BCUT2D eigenvalue weighted by atomic mass is 79.9. The van der Waals surface area contributed by atoms with Crippen molar-refractivity contribution in [3.05, 3.63) is 32.3 Å². The van der Waals surface area contributed by atoms with Crippen LogP contribution in [0.25, 0.3) is 0 Å². The molecule has 74 valence electrons. The van der Waals surface area contributed by atoms with Crippen molar-refractivity contribution >= 4 is 33.1 Å². The molecule has 5 nitrogen and oxygen atoms in total. The van der Waals surface area contributed by atoms with Crippen molar-refractivity contribution in [3.8, 4) is 0 Å². The number of benzene rings is 1. The largest absolute Gasteiger partial charge is 0.393 e. The highest BCUT2D eigenvalue weighted by Crippen LogP contribution is 2.29. The minimum atomic E-state index is -0.619. The van der Waals surface area contributed by atoms with Crippen molar-refractivity contribution < 1.29 is 9.72 Å². The number of rotatable bonds is 2. The number of nitro benzene ring substituents is 1. The van der Waals surface area contributed by atoms with Crippen LogP contribution in [-0.2, 0) is 0 Å². The van der Waals surface area contributed by atoms with Crippen LogP contribution in [0.5, 0.6) is 0 Å². The van der Waals surface area contributed by atoms with Gasteiger partial charge in [-0.2, -0.15) is 0 Å². The summed E-state index contributed by atoms with van der Waals surface area (Å²) in [5.74, 6) is -0.299. The second kappa shape index (κ2) is 3.75. The van der Waals surface area contributed by atoms with Crippen molar-refractivity contribution in [1.82, 2.24) is 0 Å². The number of carbonyl (C=O) groups excluding carboxylic acids is 1. The van der Waals surface area contributed by atoms with Crippen LogP contribution in [0.15, 0.2) is 16.6 Å². The average molecular weight is 259 g/mol. The summed E-state index contributed by atoms with van der Waals surface area (Å²) in [5.41, 5.74) is 5.28. The number of carbonyl (C=O) groups is 1. The summed E-state index contributed by atoms with van der Waals surface area (Å²) in [4.78, 5) is 21.0. The second-order valence-corrected chi connectivity index (χ2v) is 3.62. The van der Waals surface area contributed by atoms with Crippen molar-refractivity contribution in [2.45, 2.75) is 6.92 Å². The van der Waals surface area contributed by atoms with Gasteiger partial charge in [-0.25, -0.2) is 0 Å². The molecule has 1 rings (SSSR count). The van der Waals surface area contributed by atoms with Crippen molar-refractivity contribution in [2.75, 3.05) is 5.73 Å². The molecule has 0 radical (unpaired) electrons. The Hall–Kier alpha value is -1.43. The maximum absolute atomic E-state index is 11.1. The highest BCUT2D eigenvalue weighted by Gasteiger charge is 2.18. The van der Waals surface area contributed by atoms with Gasteiger partial charge in [-0.15, -0.1) is 0 Å². The number of nitro groups is 1. The van der Waals surface area contributed by atoms with E-state index in [0.717, 1.165) is 0 Å². The first-order valence-corrected chi connectivity index (χ1v) is 4.47. The Bertz CT molecular complexity index is 382. The smallest absolute Gasteiger partial charge is 0.293 e. The Kier molecular flexibility index (Phi) is 2.85. The van der Waals surface area contributed by atoms with Gasteiger partial charge >= 0.3 is 0 Å². The van der Waals surface area contributed by atoms with Gasteiger partial charge in [-0.1, -0.05) is 15.9 Å². The van der Waals surface area contributed by atoms with Gasteiger partial charge in [0.1, 0.15) is 5.69 Å². The molecule has 1 aromatic carbocycles. The Balaban J connectivity index is 3.47. The molecule has 0 heterocycles. The van der Waals surface area contributed by atoms with E-state index >= 15 is 0 Å². The van der Waals surface area contributed by atoms with Gasteiger partial charge in [0.25, 0.3) is 5.69 Å². The van der Waals surface area contributed by atoms with Gasteiger partial charge in [-0.05, 0) is 13.0 Å². The third-order valence-electron chi connectivity index (χ3n) is 1.70. The molecule has 6 heteroatoms. The Morgan fingerprint density at radius 1 is 1.57 bits per heavy atom. The van der Waals surface area contributed by atoms with Crippen LogP contribution in [0.1, 0.15) is 17.3 Å². The van der Waals surface area contributed by atoms with Crippen molar-refractivity contribution in [3.63, 3.8) is 0 Å². The fourth-order valence-electron chi connectivity index (χ4n) is 1.05. The second-order valence-electron chi connectivity index (χ2n) is 2.70. The van der Waals surface area contributed by atoms with Crippen molar-refractivity contribution in [2.24, 2.45) is 0 Å². The number of anilines is 1. The molecule has 2 N–H and O–H groups in total. The zero-order chi connectivity index (χ0) is 10.9.